The number of likely N-dealkylation sites (tertiary alicyclic amines) is 1. The SMILES string of the molecule is CNC(C(=O)N1CC(OC)CC1c1ncc(-c2ccc(-c3cc(Cl)c(NC(=O)c4ccc(N5CCN(C(=O)C(C)(C)CO)CC5)nc4)cc3OC(F)(F)F)cc2)[nH]1)C1CCOCC1.COC=O. The van der Waals surface area contributed by atoms with Crippen molar-refractivity contribution in [1.82, 2.24) is 30.1 Å². The number of hydrogen-bond donors (Lipinski definition) is 4. The Labute approximate surface area is 391 Å². The number of methoxy groups -OCH3 is 2. The lowest BCUT2D eigenvalue weighted by atomic mass is 9.90. The highest BCUT2D eigenvalue weighted by molar-refractivity contribution is 6.34. The smallest absolute Gasteiger partial charge is 0.471 e. The topological polar surface area (TPSA) is 201 Å². The van der Waals surface area contributed by atoms with Gasteiger partial charge in [-0.2, -0.15) is 0 Å². The number of H-pyrrole nitrogens is 1. The fourth-order valence-electron chi connectivity index (χ4n) is 8.36. The highest BCUT2D eigenvalue weighted by Crippen LogP contribution is 2.41. The minimum absolute atomic E-state index is 0.0224. The molecule has 7 rings (SSSR count). The van der Waals surface area contributed by atoms with Crippen molar-refractivity contribution in [3.8, 4) is 28.1 Å². The van der Waals surface area contributed by atoms with Crippen LogP contribution < -0.4 is 20.3 Å². The zero-order chi connectivity index (χ0) is 48.5. The molecule has 3 atom stereocenters. The second-order valence-corrected chi connectivity index (χ2v) is 17.4. The van der Waals surface area contributed by atoms with Gasteiger partial charge in [0.25, 0.3) is 12.4 Å². The quantitative estimate of drug-likeness (QED) is 0.112. The first kappa shape index (κ1) is 50.6. The summed E-state index contributed by atoms with van der Waals surface area (Å²) in [6.07, 6.45) is -0.100. The summed E-state index contributed by atoms with van der Waals surface area (Å²) in [7, 11) is 4.73. The van der Waals surface area contributed by atoms with Crippen LogP contribution in [0.15, 0.2) is 60.9 Å². The molecular formula is C46H56ClF3N8O9. The molecule has 3 saturated heterocycles. The van der Waals surface area contributed by atoms with Crippen molar-refractivity contribution in [2.24, 2.45) is 11.3 Å². The monoisotopic (exact) mass is 956 g/mol. The number of aromatic nitrogens is 3. The largest absolute Gasteiger partial charge is 0.573 e. The average Bonchev–Trinajstić information content (AvgIpc) is 4.01. The van der Waals surface area contributed by atoms with Crippen molar-refractivity contribution in [3.63, 3.8) is 0 Å². The Balaban J connectivity index is 0.00000178. The Bertz CT molecular complexity index is 2320. The first-order valence-electron chi connectivity index (χ1n) is 21.7. The van der Waals surface area contributed by atoms with Crippen LogP contribution in [0.25, 0.3) is 22.4 Å². The van der Waals surface area contributed by atoms with Gasteiger partial charge in [-0.1, -0.05) is 35.9 Å². The van der Waals surface area contributed by atoms with E-state index in [1.54, 1.807) is 69.4 Å². The lowest BCUT2D eigenvalue weighted by Crippen LogP contribution is -2.53. The number of carbonyl (C=O) groups is 4. The van der Waals surface area contributed by atoms with E-state index < -0.39 is 23.4 Å². The van der Waals surface area contributed by atoms with Crippen LogP contribution in [0, 0.1) is 11.3 Å². The van der Waals surface area contributed by atoms with Gasteiger partial charge >= 0.3 is 6.36 Å². The van der Waals surface area contributed by atoms with Crippen molar-refractivity contribution in [3.05, 3.63) is 77.3 Å². The van der Waals surface area contributed by atoms with Crippen LogP contribution in [0.4, 0.5) is 24.7 Å². The lowest BCUT2D eigenvalue weighted by Gasteiger charge is -2.38. The number of likely N-dealkylation sites (N-methyl/N-ethyl adjacent to an activating group) is 1. The van der Waals surface area contributed by atoms with E-state index in [0.717, 1.165) is 18.9 Å². The average molecular weight is 957 g/mol. The number of aliphatic hydroxyl groups excluding tert-OH is 1. The number of alkyl halides is 3. The maximum absolute atomic E-state index is 14.0. The van der Waals surface area contributed by atoms with Gasteiger partial charge in [-0.05, 0) is 69.0 Å². The first-order chi connectivity index (χ1) is 32.0. The number of pyridine rings is 1. The Morgan fingerprint density at radius 3 is 2.25 bits per heavy atom. The molecule has 0 spiro atoms. The van der Waals surface area contributed by atoms with Crippen molar-refractivity contribution in [2.45, 2.75) is 57.7 Å². The summed E-state index contributed by atoms with van der Waals surface area (Å²) in [5.74, 6) is -0.0735. The molecule has 0 bridgehead atoms. The van der Waals surface area contributed by atoms with E-state index in [0.29, 0.717) is 87.3 Å². The number of ether oxygens (including phenoxy) is 4. The summed E-state index contributed by atoms with van der Waals surface area (Å²) in [6.45, 7) is 7.01. The standard InChI is InChI=1S/C44H52ClF3N8O7.C2H4O2/c1-43(2,25-57)42(60)55-15-13-54(14-16-55)37-10-9-29(22-50-37)40(58)53-33-21-36(63-44(46,47)48)31(20-32(33)45)26-5-7-27(8-6-26)34-23-51-39(52-34)35-19-30(61-4)24-56(35)41(59)38(49-3)28-11-17-62-18-12-28;1-4-2-3/h5-10,20-23,28,30,35,38,49,57H,11-19,24-25H2,1-4H3,(H,51,52)(H,53,58);2H,1H3. The predicted octanol–water partition coefficient (Wildman–Crippen LogP) is 5.70. The number of hydrogen-bond acceptors (Lipinski definition) is 13. The van der Waals surface area contributed by atoms with E-state index >= 15 is 0 Å². The van der Waals surface area contributed by atoms with Crippen LogP contribution in [-0.2, 0) is 28.6 Å². The first-order valence-corrected chi connectivity index (χ1v) is 22.1. The van der Waals surface area contributed by atoms with Gasteiger partial charge < -0.3 is 54.4 Å². The minimum Gasteiger partial charge on any atom is -0.471 e. The third-order valence-corrected chi connectivity index (χ3v) is 12.4. The van der Waals surface area contributed by atoms with E-state index in [9.17, 15) is 32.7 Å². The van der Waals surface area contributed by atoms with Crippen molar-refractivity contribution in [1.29, 1.82) is 0 Å². The van der Waals surface area contributed by atoms with E-state index in [-0.39, 0.29) is 64.4 Å². The molecule has 3 unspecified atom stereocenters. The normalized spacial score (nSPS) is 18.4. The Morgan fingerprint density at radius 1 is 1.00 bits per heavy atom. The number of nitrogens with zero attached hydrogens (tertiary/aromatic N) is 5. The minimum atomic E-state index is -5.06. The highest BCUT2D eigenvalue weighted by Gasteiger charge is 2.42. The summed E-state index contributed by atoms with van der Waals surface area (Å²) in [4.78, 5) is 66.9. The number of piperazine rings is 1. The molecule has 0 radical (unpaired) electrons. The maximum atomic E-state index is 14.0. The summed E-state index contributed by atoms with van der Waals surface area (Å²) in [5.41, 5.74) is 0.886. The molecule has 0 aliphatic carbocycles. The van der Waals surface area contributed by atoms with Gasteiger partial charge in [-0.3, -0.25) is 19.2 Å². The number of aromatic amines is 1. The predicted molar refractivity (Wildman–Crippen MR) is 242 cm³/mol. The molecule has 3 aliphatic heterocycles. The number of nitrogens with one attached hydrogen (secondary N) is 3. The molecule has 4 N–H and O–H groups in total. The van der Waals surface area contributed by atoms with Crippen molar-refractivity contribution in [2.75, 3.05) is 84.0 Å². The molecule has 0 saturated carbocycles. The van der Waals surface area contributed by atoms with Crippen LogP contribution in [0.2, 0.25) is 5.02 Å². The van der Waals surface area contributed by atoms with Crippen LogP contribution in [-0.4, -0.2) is 146 Å². The van der Waals surface area contributed by atoms with Crippen LogP contribution in [0.5, 0.6) is 5.75 Å². The molecule has 2 aromatic heterocycles. The maximum Gasteiger partial charge on any atom is 0.573 e. The van der Waals surface area contributed by atoms with Gasteiger partial charge in [-0.15, -0.1) is 13.2 Å². The number of carbonyl (C=O) groups excluding carboxylic acids is 4. The number of imidazole rings is 1. The van der Waals surface area contributed by atoms with E-state index in [4.69, 9.17) is 25.9 Å². The molecular weight excluding hydrogens is 901 g/mol. The summed E-state index contributed by atoms with van der Waals surface area (Å²) in [6, 6.07) is 11.5. The molecule has 17 nitrogen and oxygen atoms in total. The molecule has 2 aromatic carbocycles. The number of aliphatic hydroxyl groups is 1. The second-order valence-electron chi connectivity index (χ2n) is 17.0. The zero-order valence-electron chi connectivity index (χ0n) is 37.9. The van der Waals surface area contributed by atoms with Gasteiger partial charge in [0.1, 0.15) is 17.4 Å². The number of halogens is 4. The third kappa shape index (κ3) is 12.4. The molecule has 3 aliphatic rings. The summed E-state index contributed by atoms with van der Waals surface area (Å²) in [5, 5.41) is 15.4. The molecule has 3 amide bonds. The number of rotatable bonds is 14. The molecule has 5 heterocycles. The van der Waals surface area contributed by atoms with Crippen LogP contribution in [0.3, 0.4) is 0 Å². The van der Waals surface area contributed by atoms with Gasteiger partial charge in [0.2, 0.25) is 11.8 Å². The third-order valence-electron chi connectivity index (χ3n) is 12.1. The van der Waals surface area contributed by atoms with E-state index in [2.05, 4.69) is 35.1 Å². The van der Waals surface area contributed by atoms with Gasteiger partial charge in [-0.25, -0.2) is 9.97 Å². The van der Waals surface area contributed by atoms with Gasteiger partial charge in [0.05, 0.1) is 65.5 Å². The molecule has 21 heteroatoms. The van der Waals surface area contributed by atoms with Crippen LogP contribution in [0.1, 0.15) is 55.3 Å². The Kier molecular flexibility index (Phi) is 16.9. The molecule has 3 fully saturated rings. The number of anilines is 2. The van der Waals surface area contributed by atoms with Crippen molar-refractivity contribution < 1.29 is 56.4 Å². The Hall–Kier alpha value is -5.80. The van der Waals surface area contributed by atoms with Gasteiger partial charge in [0.15, 0.2) is 0 Å². The number of benzene rings is 2. The summed E-state index contributed by atoms with van der Waals surface area (Å²) < 4.78 is 60.9. The molecule has 67 heavy (non-hydrogen) atoms. The van der Waals surface area contributed by atoms with Crippen LogP contribution >= 0.6 is 11.6 Å². The highest BCUT2D eigenvalue weighted by atomic mass is 35.5. The summed E-state index contributed by atoms with van der Waals surface area (Å²) >= 11 is 6.60. The second kappa shape index (κ2) is 22.3. The molecule has 4 aromatic rings. The zero-order valence-corrected chi connectivity index (χ0v) is 38.7. The number of amides is 3. The van der Waals surface area contributed by atoms with Gasteiger partial charge in [0, 0.05) is 77.3 Å². The van der Waals surface area contributed by atoms with E-state index in [1.165, 1.54) is 25.4 Å². The van der Waals surface area contributed by atoms with E-state index in [1.807, 2.05) is 9.80 Å². The fraction of sp³-hybridized carbons (Fsp3) is 0.478. The molecule has 362 valence electrons. The Morgan fingerprint density at radius 2 is 1.67 bits per heavy atom. The lowest BCUT2D eigenvalue weighted by molar-refractivity contribution is -0.274. The fourth-order valence-corrected chi connectivity index (χ4v) is 8.57. The van der Waals surface area contributed by atoms with Crippen molar-refractivity contribution >= 4 is 47.3 Å².